The third kappa shape index (κ3) is 2.92. The zero-order valence-electron chi connectivity index (χ0n) is 13.6. The van der Waals surface area contributed by atoms with Crippen LogP contribution in [0, 0.1) is 0 Å². The molecule has 25 heavy (non-hydrogen) atoms. The van der Waals surface area contributed by atoms with Crippen molar-refractivity contribution in [3.63, 3.8) is 0 Å². The van der Waals surface area contributed by atoms with Gasteiger partial charge in [0.2, 0.25) is 5.91 Å². The predicted molar refractivity (Wildman–Crippen MR) is 107 cm³/mol. The van der Waals surface area contributed by atoms with Crippen LogP contribution in [0.25, 0.3) is 10.9 Å². The molecular formula is C19H17Br2N3O. The van der Waals surface area contributed by atoms with Crippen molar-refractivity contribution in [1.82, 2.24) is 15.6 Å². The van der Waals surface area contributed by atoms with Crippen molar-refractivity contribution in [2.24, 2.45) is 0 Å². The molecule has 0 spiro atoms. The largest absolute Gasteiger partial charge is 0.358 e. The highest BCUT2D eigenvalue weighted by Crippen LogP contribution is 2.38. The van der Waals surface area contributed by atoms with Gasteiger partial charge in [-0.25, -0.2) is 0 Å². The van der Waals surface area contributed by atoms with E-state index in [1.54, 1.807) is 7.05 Å². The molecule has 0 unspecified atom stereocenters. The Morgan fingerprint density at radius 2 is 2.00 bits per heavy atom. The van der Waals surface area contributed by atoms with Crippen LogP contribution in [0.3, 0.4) is 0 Å². The molecule has 2 heterocycles. The van der Waals surface area contributed by atoms with Gasteiger partial charge in [0.05, 0.1) is 12.1 Å². The summed E-state index contributed by atoms with van der Waals surface area (Å²) in [6.45, 7) is 0. The van der Waals surface area contributed by atoms with Crippen molar-refractivity contribution in [3.05, 3.63) is 68.2 Å². The highest BCUT2D eigenvalue weighted by atomic mass is 79.9. The monoisotopic (exact) mass is 461 g/mol. The molecule has 1 amide bonds. The minimum atomic E-state index is -0.266. The van der Waals surface area contributed by atoms with E-state index in [9.17, 15) is 4.79 Å². The van der Waals surface area contributed by atoms with E-state index in [1.807, 2.05) is 24.3 Å². The van der Waals surface area contributed by atoms with E-state index >= 15 is 0 Å². The van der Waals surface area contributed by atoms with Gasteiger partial charge in [0.15, 0.2) is 0 Å². The third-order valence-electron chi connectivity index (χ3n) is 4.75. The Hall–Kier alpha value is -1.63. The Kier molecular flexibility index (Phi) is 4.43. The quantitative estimate of drug-likeness (QED) is 0.538. The van der Waals surface area contributed by atoms with Gasteiger partial charge in [0.25, 0.3) is 0 Å². The lowest BCUT2D eigenvalue weighted by atomic mass is 9.90. The molecule has 128 valence electrons. The average molecular weight is 463 g/mol. The van der Waals surface area contributed by atoms with Crippen LogP contribution >= 0.6 is 31.9 Å². The Balaban J connectivity index is 1.90. The average Bonchev–Trinajstić information content (AvgIpc) is 2.99. The van der Waals surface area contributed by atoms with Crippen LogP contribution in [0.1, 0.15) is 22.9 Å². The smallest absolute Gasteiger partial charge is 0.237 e. The highest BCUT2D eigenvalue weighted by Gasteiger charge is 2.34. The topological polar surface area (TPSA) is 56.9 Å². The molecule has 2 aromatic carbocycles. The second-order valence-electron chi connectivity index (χ2n) is 6.20. The summed E-state index contributed by atoms with van der Waals surface area (Å²) in [5, 5.41) is 7.47. The molecule has 0 saturated heterocycles. The summed E-state index contributed by atoms with van der Waals surface area (Å²) in [6.07, 6.45) is 0.670. The normalized spacial score (nSPS) is 19.6. The number of hydrogen-bond donors (Lipinski definition) is 3. The number of benzene rings is 2. The number of H-pyrrole nitrogens is 1. The van der Waals surface area contributed by atoms with Gasteiger partial charge < -0.3 is 10.3 Å². The molecule has 1 aromatic heterocycles. The molecular weight excluding hydrogens is 446 g/mol. The fraction of sp³-hybridized carbons (Fsp3) is 0.211. The number of para-hydroxylation sites is 1. The van der Waals surface area contributed by atoms with E-state index < -0.39 is 0 Å². The number of halogens is 2. The lowest BCUT2D eigenvalue weighted by Gasteiger charge is -2.31. The van der Waals surface area contributed by atoms with E-state index in [0.717, 1.165) is 25.7 Å². The lowest BCUT2D eigenvalue weighted by Crippen LogP contribution is -2.49. The summed E-state index contributed by atoms with van der Waals surface area (Å²) in [4.78, 5) is 15.9. The van der Waals surface area contributed by atoms with Gasteiger partial charge in [-0.3, -0.25) is 10.1 Å². The summed E-state index contributed by atoms with van der Waals surface area (Å²) < 4.78 is 2.01. The summed E-state index contributed by atoms with van der Waals surface area (Å²) in [6, 6.07) is 14.0. The van der Waals surface area contributed by atoms with Crippen LogP contribution in [0.2, 0.25) is 0 Å². The van der Waals surface area contributed by atoms with E-state index in [2.05, 4.69) is 65.7 Å². The Morgan fingerprint density at radius 3 is 2.76 bits per heavy atom. The van der Waals surface area contributed by atoms with Crippen molar-refractivity contribution < 1.29 is 4.79 Å². The molecule has 3 N–H and O–H groups in total. The molecule has 6 heteroatoms. The number of carbonyl (C=O) groups is 1. The number of carbonyl (C=O) groups excluding carboxylic acids is 1. The van der Waals surface area contributed by atoms with Gasteiger partial charge in [-0.15, -0.1) is 0 Å². The van der Waals surface area contributed by atoms with Crippen LogP contribution in [0.4, 0.5) is 0 Å². The van der Waals surface area contributed by atoms with E-state index in [1.165, 1.54) is 10.9 Å². The van der Waals surface area contributed by atoms with Crippen LogP contribution in [0.15, 0.2) is 51.4 Å². The third-order valence-corrected chi connectivity index (χ3v) is 5.93. The maximum absolute atomic E-state index is 12.3. The molecule has 4 rings (SSSR count). The first-order valence-corrected chi connectivity index (χ1v) is 9.69. The molecule has 1 aliphatic heterocycles. The molecule has 4 nitrogen and oxygen atoms in total. The van der Waals surface area contributed by atoms with Gasteiger partial charge in [-0.2, -0.15) is 0 Å². The fourth-order valence-electron chi connectivity index (χ4n) is 3.56. The predicted octanol–water partition coefficient (Wildman–Crippen LogP) is 4.04. The Morgan fingerprint density at radius 1 is 1.20 bits per heavy atom. The van der Waals surface area contributed by atoms with Crippen LogP contribution in [0.5, 0.6) is 0 Å². The maximum Gasteiger partial charge on any atom is 0.237 e. The molecule has 3 aromatic rings. The summed E-state index contributed by atoms with van der Waals surface area (Å²) in [5.41, 5.74) is 4.54. The number of nitrogens with one attached hydrogen (secondary N) is 3. The molecule has 0 saturated carbocycles. The van der Waals surface area contributed by atoms with E-state index in [0.29, 0.717) is 6.42 Å². The number of aromatic nitrogens is 1. The van der Waals surface area contributed by atoms with Gasteiger partial charge in [-0.05, 0) is 35.7 Å². The first-order valence-electron chi connectivity index (χ1n) is 8.10. The Bertz CT molecular complexity index is 966. The fourth-order valence-corrected chi connectivity index (χ4v) is 4.83. The van der Waals surface area contributed by atoms with Crippen molar-refractivity contribution in [1.29, 1.82) is 0 Å². The van der Waals surface area contributed by atoms with Gasteiger partial charge >= 0.3 is 0 Å². The SMILES string of the molecule is CNC(=O)[C@@H]1Cc2c([nH]c3ccccc23)[C@@H](c2ccc(Br)cc2Br)N1. The maximum atomic E-state index is 12.3. The molecule has 0 bridgehead atoms. The van der Waals surface area contributed by atoms with Gasteiger partial charge in [0.1, 0.15) is 0 Å². The van der Waals surface area contributed by atoms with E-state index in [4.69, 9.17) is 0 Å². The minimum absolute atomic E-state index is 0.00849. The Labute approximate surface area is 162 Å². The van der Waals surface area contributed by atoms with Crippen molar-refractivity contribution in [3.8, 4) is 0 Å². The summed E-state index contributed by atoms with van der Waals surface area (Å²) in [5.74, 6) is 0.00849. The minimum Gasteiger partial charge on any atom is -0.358 e. The molecule has 2 atom stereocenters. The van der Waals surface area contributed by atoms with Crippen molar-refractivity contribution in [2.45, 2.75) is 18.5 Å². The molecule has 0 fully saturated rings. The van der Waals surface area contributed by atoms with Gasteiger partial charge in [0, 0.05) is 32.6 Å². The molecule has 0 radical (unpaired) electrons. The second kappa shape index (κ2) is 6.59. The van der Waals surface area contributed by atoms with Crippen molar-refractivity contribution in [2.75, 3.05) is 7.05 Å². The lowest BCUT2D eigenvalue weighted by molar-refractivity contribution is -0.122. The zero-order valence-corrected chi connectivity index (χ0v) is 16.7. The van der Waals surface area contributed by atoms with Crippen LogP contribution < -0.4 is 10.6 Å². The standard InChI is InChI=1S/C19H17Br2N3O/c1-22-19(25)16-9-13-11-4-2-3-5-15(11)23-18(13)17(24-16)12-7-6-10(20)8-14(12)21/h2-8,16-17,23-24H,9H2,1H3,(H,22,25)/t16-,17+/m0/s1. The number of fused-ring (bicyclic) bond motifs is 3. The number of rotatable bonds is 2. The first-order chi connectivity index (χ1) is 12.1. The second-order valence-corrected chi connectivity index (χ2v) is 7.97. The summed E-state index contributed by atoms with van der Waals surface area (Å²) >= 11 is 7.17. The number of amides is 1. The highest BCUT2D eigenvalue weighted by molar-refractivity contribution is 9.11. The molecule has 0 aliphatic carbocycles. The number of hydrogen-bond acceptors (Lipinski definition) is 2. The summed E-state index contributed by atoms with van der Waals surface area (Å²) in [7, 11) is 1.68. The van der Waals surface area contributed by atoms with Gasteiger partial charge in [-0.1, -0.05) is 56.1 Å². The number of aromatic amines is 1. The molecule has 1 aliphatic rings. The zero-order chi connectivity index (χ0) is 17.6. The van der Waals surface area contributed by atoms with Crippen molar-refractivity contribution >= 4 is 48.7 Å². The number of likely N-dealkylation sites (N-methyl/N-ethyl adjacent to an activating group) is 1. The first kappa shape index (κ1) is 16.8. The van der Waals surface area contributed by atoms with Crippen LogP contribution in [-0.2, 0) is 11.2 Å². The van der Waals surface area contributed by atoms with E-state index in [-0.39, 0.29) is 18.0 Å². The van der Waals surface area contributed by atoms with Crippen LogP contribution in [-0.4, -0.2) is 24.0 Å².